The van der Waals surface area contributed by atoms with Crippen LogP contribution in [0.25, 0.3) is 0 Å². The summed E-state index contributed by atoms with van der Waals surface area (Å²) < 4.78 is 11.9. The molecule has 1 aromatic rings. The fraction of sp³-hybridized carbons (Fsp3) is 0.562. The molecule has 0 atom stereocenters. The van der Waals surface area contributed by atoms with E-state index in [1.54, 1.807) is 19.1 Å². The molecule has 0 aliphatic carbocycles. The number of methoxy groups -OCH3 is 1. The standard InChI is InChI=1S/C16H26N2O4S/c1-13(2)11-18(10-4-9-17-16(20)22-12-19)23-15-7-5-14(21-3)6-8-15/h5-8,13,19H,4,9-12H2,1-3H3,(H,17,20). The maximum Gasteiger partial charge on any atom is 0.409 e. The van der Waals surface area contributed by atoms with Gasteiger partial charge in [0.05, 0.1) is 7.11 Å². The molecule has 0 saturated carbocycles. The summed E-state index contributed by atoms with van der Waals surface area (Å²) in [5.41, 5.74) is 0. The van der Waals surface area contributed by atoms with E-state index in [0.717, 1.165) is 30.2 Å². The van der Waals surface area contributed by atoms with Crippen LogP contribution in [0.4, 0.5) is 4.79 Å². The number of carbonyl (C=O) groups is 1. The molecule has 0 aliphatic rings. The molecular formula is C16H26N2O4S. The first-order valence-electron chi connectivity index (χ1n) is 7.63. The monoisotopic (exact) mass is 342 g/mol. The molecule has 0 bridgehead atoms. The summed E-state index contributed by atoms with van der Waals surface area (Å²) in [6, 6.07) is 7.96. The molecule has 6 nitrogen and oxygen atoms in total. The normalized spacial score (nSPS) is 10.9. The minimum absolute atomic E-state index is 0.511. The van der Waals surface area contributed by atoms with Crippen LogP contribution >= 0.6 is 11.9 Å². The number of hydrogen-bond donors (Lipinski definition) is 2. The van der Waals surface area contributed by atoms with E-state index in [4.69, 9.17) is 9.84 Å². The number of carbonyl (C=O) groups excluding carboxylic acids is 1. The molecule has 1 rings (SSSR count). The zero-order valence-electron chi connectivity index (χ0n) is 13.9. The van der Waals surface area contributed by atoms with Crippen molar-refractivity contribution in [2.45, 2.75) is 25.2 Å². The van der Waals surface area contributed by atoms with Crippen molar-refractivity contribution in [1.29, 1.82) is 0 Å². The van der Waals surface area contributed by atoms with Crippen LogP contribution in [-0.2, 0) is 4.74 Å². The molecule has 23 heavy (non-hydrogen) atoms. The first-order valence-corrected chi connectivity index (χ1v) is 8.41. The van der Waals surface area contributed by atoms with E-state index in [0.29, 0.717) is 12.5 Å². The highest BCUT2D eigenvalue weighted by Gasteiger charge is 2.10. The summed E-state index contributed by atoms with van der Waals surface area (Å²) in [6.45, 7) is 6.07. The van der Waals surface area contributed by atoms with Crippen molar-refractivity contribution in [2.24, 2.45) is 5.92 Å². The summed E-state index contributed by atoms with van der Waals surface area (Å²) in [5.74, 6) is 1.39. The minimum atomic E-state index is -0.599. The average molecular weight is 342 g/mol. The van der Waals surface area contributed by atoms with Gasteiger partial charge in [-0.3, -0.25) is 0 Å². The lowest BCUT2D eigenvalue weighted by atomic mass is 10.2. The van der Waals surface area contributed by atoms with Crippen molar-refractivity contribution in [3.8, 4) is 5.75 Å². The Morgan fingerprint density at radius 3 is 2.61 bits per heavy atom. The molecule has 0 aliphatic heterocycles. The van der Waals surface area contributed by atoms with Gasteiger partial charge in [0.15, 0.2) is 6.79 Å². The van der Waals surface area contributed by atoms with Gasteiger partial charge in [0, 0.05) is 24.5 Å². The van der Waals surface area contributed by atoms with Crippen LogP contribution in [0.1, 0.15) is 20.3 Å². The van der Waals surface area contributed by atoms with Gasteiger partial charge in [-0.1, -0.05) is 13.8 Å². The van der Waals surface area contributed by atoms with Gasteiger partial charge in [0.1, 0.15) is 5.75 Å². The number of aliphatic hydroxyl groups is 1. The summed E-state index contributed by atoms with van der Waals surface area (Å²) in [5, 5.41) is 11.1. The molecule has 0 heterocycles. The number of ether oxygens (including phenoxy) is 2. The fourth-order valence-corrected chi connectivity index (χ4v) is 3.07. The Balaban J connectivity index is 2.43. The number of rotatable bonds is 10. The summed E-state index contributed by atoms with van der Waals surface area (Å²) in [4.78, 5) is 12.2. The zero-order valence-corrected chi connectivity index (χ0v) is 14.8. The fourth-order valence-electron chi connectivity index (χ4n) is 1.92. The predicted octanol–water partition coefficient (Wildman–Crippen LogP) is 2.73. The van der Waals surface area contributed by atoms with Gasteiger partial charge in [-0.25, -0.2) is 9.10 Å². The van der Waals surface area contributed by atoms with Gasteiger partial charge in [0.25, 0.3) is 0 Å². The van der Waals surface area contributed by atoms with Crippen molar-refractivity contribution < 1.29 is 19.4 Å². The molecule has 0 aromatic heterocycles. The number of hydrogen-bond acceptors (Lipinski definition) is 6. The zero-order chi connectivity index (χ0) is 17.1. The van der Waals surface area contributed by atoms with E-state index in [1.165, 1.54) is 0 Å². The minimum Gasteiger partial charge on any atom is -0.497 e. The van der Waals surface area contributed by atoms with E-state index in [2.05, 4.69) is 28.2 Å². The number of amides is 1. The number of alkyl carbamates (subject to hydrolysis) is 1. The summed E-state index contributed by atoms with van der Waals surface area (Å²) in [6.07, 6.45) is 0.210. The first kappa shape index (κ1) is 19.6. The Hall–Kier alpha value is -1.44. The van der Waals surface area contributed by atoms with E-state index in [9.17, 15) is 4.79 Å². The highest BCUT2D eigenvalue weighted by Crippen LogP contribution is 2.25. The Morgan fingerprint density at radius 1 is 1.35 bits per heavy atom. The van der Waals surface area contributed by atoms with Crippen LogP contribution in [0.15, 0.2) is 29.2 Å². The van der Waals surface area contributed by atoms with E-state index >= 15 is 0 Å². The molecule has 0 spiro atoms. The van der Waals surface area contributed by atoms with Crippen LogP contribution in [-0.4, -0.2) is 49.0 Å². The van der Waals surface area contributed by atoms with Gasteiger partial charge in [-0.05, 0) is 48.6 Å². The van der Waals surface area contributed by atoms with Crippen LogP contribution < -0.4 is 10.1 Å². The molecule has 1 amide bonds. The van der Waals surface area contributed by atoms with Gasteiger partial charge < -0.3 is 19.9 Å². The Kier molecular flexibility index (Phi) is 9.51. The van der Waals surface area contributed by atoms with Gasteiger partial charge in [-0.15, -0.1) is 0 Å². The lowest BCUT2D eigenvalue weighted by Crippen LogP contribution is -2.29. The molecule has 0 unspecified atom stereocenters. The summed E-state index contributed by atoms with van der Waals surface area (Å²) >= 11 is 1.70. The third kappa shape index (κ3) is 8.68. The van der Waals surface area contributed by atoms with E-state index in [1.807, 2.05) is 24.3 Å². The maximum absolute atomic E-state index is 11.1. The van der Waals surface area contributed by atoms with Crippen molar-refractivity contribution in [3.63, 3.8) is 0 Å². The van der Waals surface area contributed by atoms with Crippen molar-refractivity contribution >= 4 is 18.0 Å². The second-order valence-corrected chi connectivity index (χ2v) is 6.56. The molecule has 0 saturated heterocycles. The first-order chi connectivity index (χ1) is 11.0. The summed E-state index contributed by atoms with van der Waals surface area (Å²) in [7, 11) is 1.65. The van der Waals surface area contributed by atoms with Crippen LogP contribution in [0, 0.1) is 5.92 Å². The van der Waals surface area contributed by atoms with Crippen molar-refractivity contribution in [2.75, 3.05) is 33.5 Å². The number of benzene rings is 1. The second kappa shape index (κ2) is 11.2. The lowest BCUT2D eigenvalue weighted by Gasteiger charge is -2.23. The molecule has 1 aromatic carbocycles. The average Bonchev–Trinajstić information content (AvgIpc) is 2.52. The maximum atomic E-state index is 11.1. The SMILES string of the molecule is COc1ccc(SN(CCCNC(=O)OCO)CC(C)C)cc1. The lowest BCUT2D eigenvalue weighted by molar-refractivity contribution is 0.0443. The van der Waals surface area contributed by atoms with Gasteiger partial charge in [-0.2, -0.15) is 0 Å². The number of aliphatic hydroxyl groups excluding tert-OH is 1. The Labute approximate surface area is 142 Å². The Morgan fingerprint density at radius 2 is 2.04 bits per heavy atom. The van der Waals surface area contributed by atoms with Crippen molar-refractivity contribution in [3.05, 3.63) is 24.3 Å². The van der Waals surface area contributed by atoms with E-state index in [-0.39, 0.29) is 0 Å². The predicted molar refractivity (Wildman–Crippen MR) is 91.4 cm³/mol. The van der Waals surface area contributed by atoms with Crippen LogP contribution in [0.3, 0.4) is 0 Å². The Bertz CT molecular complexity index is 454. The van der Waals surface area contributed by atoms with Crippen LogP contribution in [0.2, 0.25) is 0 Å². The van der Waals surface area contributed by atoms with Crippen LogP contribution in [0.5, 0.6) is 5.75 Å². The third-order valence-corrected chi connectivity index (χ3v) is 3.98. The molecule has 130 valence electrons. The highest BCUT2D eigenvalue weighted by atomic mass is 32.2. The molecule has 2 N–H and O–H groups in total. The highest BCUT2D eigenvalue weighted by molar-refractivity contribution is 7.97. The topological polar surface area (TPSA) is 71.0 Å². The third-order valence-electron chi connectivity index (χ3n) is 2.91. The molecule has 0 radical (unpaired) electrons. The molecule has 0 fully saturated rings. The second-order valence-electron chi connectivity index (χ2n) is 5.39. The van der Waals surface area contributed by atoms with Crippen molar-refractivity contribution in [1.82, 2.24) is 9.62 Å². The largest absolute Gasteiger partial charge is 0.497 e. The number of nitrogens with one attached hydrogen (secondary N) is 1. The molecule has 7 heteroatoms. The van der Waals surface area contributed by atoms with Gasteiger partial charge >= 0.3 is 6.09 Å². The smallest absolute Gasteiger partial charge is 0.409 e. The van der Waals surface area contributed by atoms with E-state index < -0.39 is 12.9 Å². The quantitative estimate of drug-likeness (QED) is 0.387. The molecular weight excluding hydrogens is 316 g/mol. The number of nitrogens with zero attached hydrogens (tertiary/aromatic N) is 1. The van der Waals surface area contributed by atoms with Gasteiger partial charge in [0.2, 0.25) is 0 Å².